The molecule has 0 spiro atoms. The molecule has 2 rings (SSSR count). The summed E-state index contributed by atoms with van der Waals surface area (Å²) in [5.41, 5.74) is 1.22. The van der Waals surface area contributed by atoms with Crippen molar-refractivity contribution in [2.24, 2.45) is 0 Å². The molecule has 2 aromatic rings. The molecule has 0 radical (unpaired) electrons. The number of hydrogen-bond acceptors (Lipinski definition) is 3. The molecule has 0 saturated heterocycles. The zero-order valence-corrected chi connectivity index (χ0v) is 8.00. The topological polar surface area (TPSA) is 46.2 Å². The summed E-state index contributed by atoms with van der Waals surface area (Å²) in [4.78, 5) is 0. The second kappa shape index (κ2) is 3.08. The monoisotopic (exact) mass is 187 g/mol. The van der Waals surface area contributed by atoms with Gasteiger partial charge in [-0.3, -0.25) is 0 Å². The number of furan rings is 1. The van der Waals surface area contributed by atoms with E-state index in [1.807, 2.05) is 18.2 Å². The summed E-state index contributed by atoms with van der Waals surface area (Å²) in [5.74, 6) is 1.29. The van der Waals surface area contributed by atoms with Gasteiger partial charge in [-0.05, 0) is 19.1 Å². The van der Waals surface area contributed by atoms with E-state index in [1.54, 1.807) is 14.0 Å². The highest BCUT2D eigenvalue weighted by Gasteiger charge is 2.13. The Morgan fingerprint density at radius 1 is 1.43 bits per heavy atom. The van der Waals surface area contributed by atoms with Crippen LogP contribution in [0.1, 0.15) is 11.3 Å². The first-order chi connectivity index (χ1) is 6.77. The van der Waals surface area contributed by atoms with E-state index in [0.717, 1.165) is 5.39 Å². The van der Waals surface area contributed by atoms with Crippen LogP contribution in [0, 0.1) is 18.3 Å². The van der Waals surface area contributed by atoms with Crippen LogP contribution in [0.15, 0.2) is 22.6 Å². The minimum absolute atomic E-state index is 0.582. The van der Waals surface area contributed by atoms with Gasteiger partial charge in [0.2, 0.25) is 0 Å². The summed E-state index contributed by atoms with van der Waals surface area (Å²) in [7, 11) is 1.58. The van der Waals surface area contributed by atoms with Crippen molar-refractivity contribution >= 4 is 11.0 Å². The third kappa shape index (κ3) is 1.05. The molecule has 0 saturated carbocycles. The Hall–Kier alpha value is -1.95. The Morgan fingerprint density at radius 3 is 2.86 bits per heavy atom. The Kier molecular flexibility index (Phi) is 1.90. The second-order valence-electron chi connectivity index (χ2n) is 2.98. The van der Waals surface area contributed by atoms with Crippen LogP contribution in [0.2, 0.25) is 0 Å². The van der Waals surface area contributed by atoms with Gasteiger partial charge in [-0.25, -0.2) is 0 Å². The number of methoxy groups -OCH3 is 1. The van der Waals surface area contributed by atoms with E-state index in [-0.39, 0.29) is 0 Å². The number of para-hydroxylation sites is 1. The quantitative estimate of drug-likeness (QED) is 0.689. The van der Waals surface area contributed by atoms with E-state index in [0.29, 0.717) is 22.7 Å². The van der Waals surface area contributed by atoms with E-state index < -0.39 is 0 Å². The molecule has 1 aromatic carbocycles. The molecule has 0 amide bonds. The SMILES string of the molecule is COc1cccc2c(C#N)c(C)oc12. The van der Waals surface area contributed by atoms with E-state index >= 15 is 0 Å². The van der Waals surface area contributed by atoms with Crippen LogP contribution in [0.3, 0.4) is 0 Å². The summed E-state index contributed by atoms with van der Waals surface area (Å²) in [6.07, 6.45) is 0. The maximum absolute atomic E-state index is 8.92. The molecule has 0 aliphatic rings. The highest BCUT2D eigenvalue weighted by atomic mass is 16.5. The van der Waals surface area contributed by atoms with Crippen LogP contribution in [0.4, 0.5) is 0 Å². The van der Waals surface area contributed by atoms with Gasteiger partial charge in [0.05, 0.1) is 7.11 Å². The van der Waals surface area contributed by atoms with Crippen LogP contribution < -0.4 is 4.74 Å². The first-order valence-corrected chi connectivity index (χ1v) is 4.24. The predicted molar refractivity (Wildman–Crippen MR) is 52.2 cm³/mol. The van der Waals surface area contributed by atoms with Crippen molar-refractivity contribution in [3.05, 3.63) is 29.5 Å². The fourth-order valence-electron chi connectivity index (χ4n) is 1.51. The van der Waals surface area contributed by atoms with Gasteiger partial charge in [-0.2, -0.15) is 5.26 Å². The molecule has 1 aromatic heterocycles. The fraction of sp³-hybridized carbons (Fsp3) is 0.182. The van der Waals surface area contributed by atoms with E-state index in [9.17, 15) is 0 Å². The number of ether oxygens (including phenoxy) is 1. The number of rotatable bonds is 1. The first-order valence-electron chi connectivity index (χ1n) is 4.24. The highest BCUT2D eigenvalue weighted by molar-refractivity contribution is 5.89. The predicted octanol–water partition coefficient (Wildman–Crippen LogP) is 2.62. The van der Waals surface area contributed by atoms with Crippen molar-refractivity contribution in [3.8, 4) is 11.8 Å². The molecule has 3 nitrogen and oxygen atoms in total. The number of nitriles is 1. The summed E-state index contributed by atoms with van der Waals surface area (Å²) in [6.45, 7) is 1.78. The number of aryl methyl sites for hydroxylation is 1. The molecule has 0 N–H and O–H groups in total. The van der Waals surface area contributed by atoms with Gasteiger partial charge in [-0.15, -0.1) is 0 Å². The largest absolute Gasteiger partial charge is 0.493 e. The lowest BCUT2D eigenvalue weighted by atomic mass is 10.1. The second-order valence-corrected chi connectivity index (χ2v) is 2.98. The molecule has 70 valence electrons. The van der Waals surface area contributed by atoms with E-state index in [2.05, 4.69) is 6.07 Å². The lowest BCUT2D eigenvalue weighted by molar-refractivity contribution is 0.408. The van der Waals surface area contributed by atoms with Crippen molar-refractivity contribution in [1.29, 1.82) is 5.26 Å². The normalized spacial score (nSPS) is 10.1. The summed E-state index contributed by atoms with van der Waals surface area (Å²) < 4.78 is 10.6. The maximum Gasteiger partial charge on any atom is 0.177 e. The van der Waals surface area contributed by atoms with Gasteiger partial charge in [0, 0.05) is 5.39 Å². The zero-order valence-electron chi connectivity index (χ0n) is 8.00. The van der Waals surface area contributed by atoms with Gasteiger partial charge in [0.15, 0.2) is 11.3 Å². The molecule has 14 heavy (non-hydrogen) atoms. The number of benzene rings is 1. The molecule has 0 fully saturated rings. The average Bonchev–Trinajstić information content (AvgIpc) is 2.52. The van der Waals surface area contributed by atoms with Crippen molar-refractivity contribution in [2.75, 3.05) is 7.11 Å². The van der Waals surface area contributed by atoms with Gasteiger partial charge in [0.1, 0.15) is 17.4 Å². The van der Waals surface area contributed by atoms with Crippen molar-refractivity contribution in [1.82, 2.24) is 0 Å². The molecule has 3 heteroatoms. The Balaban J connectivity index is 2.87. The van der Waals surface area contributed by atoms with Crippen LogP contribution in [0.5, 0.6) is 5.75 Å². The van der Waals surface area contributed by atoms with Crippen molar-refractivity contribution in [2.45, 2.75) is 6.92 Å². The van der Waals surface area contributed by atoms with Crippen LogP contribution in [0.25, 0.3) is 11.0 Å². The van der Waals surface area contributed by atoms with Gasteiger partial charge < -0.3 is 9.15 Å². The summed E-state index contributed by atoms with van der Waals surface area (Å²) in [6, 6.07) is 7.63. The van der Waals surface area contributed by atoms with E-state index in [4.69, 9.17) is 14.4 Å². The zero-order chi connectivity index (χ0) is 10.1. The Bertz CT molecular complexity index is 520. The highest BCUT2D eigenvalue weighted by Crippen LogP contribution is 2.31. The number of hydrogen-bond donors (Lipinski definition) is 0. The maximum atomic E-state index is 8.92. The molecule has 0 atom stereocenters. The molecule has 0 bridgehead atoms. The van der Waals surface area contributed by atoms with Crippen molar-refractivity contribution in [3.63, 3.8) is 0 Å². The Morgan fingerprint density at radius 2 is 2.21 bits per heavy atom. The standard InChI is InChI=1S/C11H9NO2/c1-7-9(6-12)8-4-3-5-10(13-2)11(8)14-7/h3-5H,1-2H3. The first kappa shape index (κ1) is 8.64. The number of nitrogens with zero attached hydrogens (tertiary/aromatic N) is 1. The number of fused-ring (bicyclic) bond motifs is 1. The molecular weight excluding hydrogens is 178 g/mol. The van der Waals surface area contributed by atoms with Crippen LogP contribution in [-0.2, 0) is 0 Å². The molecule has 0 aliphatic heterocycles. The third-order valence-electron chi connectivity index (χ3n) is 2.19. The van der Waals surface area contributed by atoms with E-state index in [1.165, 1.54) is 0 Å². The van der Waals surface area contributed by atoms with Gasteiger partial charge in [-0.1, -0.05) is 6.07 Å². The fourth-order valence-corrected chi connectivity index (χ4v) is 1.51. The Labute approximate surface area is 81.5 Å². The van der Waals surface area contributed by atoms with Crippen molar-refractivity contribution < 1.29 is 9.15 Å². The lowest BCUT2D eigenvalue weighted by Gasteiger charge is -1.98. The molecule has 0 aliphatic carbocycles. The smallest absolute Gasteiger partial charge is 0.177 e. The lowest BCUT2D eigenvalue weighted by Crippen LogP contribution is -1.81. The minimum Gasteiger partial charge on any atom is -0.493 e. The summed E-state index contributed by atoms with van der Waals surface area (Å²) >= 11 is 0. The summed E-state index contributed by atoms with van der Waals surface area (Å²) in [5, 5.41) is 9.73. The molecular formula is C11H9NO2. The van der Waals surface area contributed by atoms with Crippen LogP contribution in [-0.4, -0.2) is 7.11 Å². The minimum atomic E-state index is 0.582. The molecule has 0 unspecified atom stereocenters. The average molecular weight is 187 g/mol. The van der Waals surface area contributed by atoms with Crippen LogP contribution >= 0.6 is 0 Å². The van der Waals surface area contributed by atoms with Gasteiger partial charge >= 0.3 is 0 Å². The third-order valence-corrected chi connectivity index (χ3v) is 2.19. The van der Waals surface area contributed by atoms with Gasteiger partial charge in [0.25, 0.3) is 0 Å². The molecule has 1 heterocycles.